The molecule has 3 N–H and O–H groups in total. The Kier molecular flexibility index (Phi) is 6.75. The van der Waals surface area contributed by atoms with Gasteiger partial charge in [-0.2, -0.15) is 0 Å². The molecule has 0 radical (unpaired) electrons. The zero-order chi connectivity index (χ0) is 17.5. The molecule has 0 unspecified atom stereocenters. The highest BCUT2D eigenvalue weighted by Gasteiger charge is 2.33. The van der Waals surface area contributed by atoms with Crippen molar-refractivity contribution in [3.63, 3.8) is 0 Å². The third kappa shape index (κ3) is 5.74. The van der Waals surface area contributed by atoms with Crippen LogP contribution in [0, 0.1) is 0 Å². The second-order valence-corrected chi connectivity index (χ2v) is 6.74. The third-order valence-electron chi connectivity index (χ3n) is 4.72. The van der Waals surface area contributed by atoms with E-state index < -0.39 is 6.10 Å². The van der Waals surface area contributed by atoms with Gasteiger partial charge in [0.05, 0.1) is 37.9 Å². The number of hydrogen-bond donors (Lipinski definition) is 3. The normalized spacial score (nSPS) is 30.0. The van der Waals surface area contributed by atoms with Crippen LogP contribution in [0.5, 0.6) is 0 Å². The average Bonchev–Trinajstić information content (AvgIpc) is 2.60. The third-order valence-corrected chi connectivity index (χ3v) is 4.72. The van der Waals surface area contributed by atoms with Gasteiger partial charge in [0, 0.05) is 31.5 Å². The Balaban J connectivity index is 1.39. The summed E-state index contributed by atoms with van der Waals surface area (Å²) in [4.78, 5) is 16.1. The number of aliphatic hydroxyl groups is 1. The Morgan fingerprint density at radius 3 is 3.00 bits per heavy atom. The molecule has 2 saturated heterocycles. The highest BCUT2D eigenvalue weighted by Crippen LogP contribution is 2.23. The Morgan fingerprint density at radius 2 is 2.16 bits per heavy atom. The first kappa shape index (κ1) is 18.3. The molecule has 1 aromatic rings. The van der Waals surface area contributed by atoms with E-state index in [1.165, 1.54) is 0 Å². The van der Waals surface area contributed by atoms with Gasteiger partial charge in [-0.05, 0) is 37.0 Å². The van der Waals surface area contributed by atoms with Crippen molar-refractivity contribution in [2.24, 2.45) is 0 Å². The van der Waals surface area contributed by atoms with Crippen LogP contribution in [0.1, 0.15) is 24.8 Å². The summed E-state index contributed by atoms with van der Waals surface area (Å²) in [6.07, 6.45) is 5.85. The molecule has 0 spiro atoms. The summed E-state index contributed by atoms with van der Waals surface area (Å²) in [5, 5.41) is 16.0. The number of ether oxygens (including phenoxy) is 2. The number of β-amino-alcohol motifs (C(OH)–C–C–N with tert-alkyl or cyclic N) is 1. The lowest BCUT2D eigenvalue weighted by atomic mass is 9.96. The minimum atomic E-state index is -0.468. The van der Waals surface area contributed by atoms with Crippen molar-refractivity contribution in [2.75, 3.05) is 26.3 Å². The smallest absolute Gasteiger partial charge is 0.222 e. The van der Waals surface area contributed by atoms with Crippen LogP contribution >= 0.6 is 0 Å². The molecule has 0 saturated carbocycles. The number of amides is 1. The molecule has 138 valence electrons. The van der Waals surface area contributed by atoms with E-state index in [2.05, 4.69) is 15.6 Å². The van der Waals surface area contributed by atoms with Crippen molar-refractivity contribution >= 4 is 5.91 Å². The largest absolute Gasteiger partial charge is 0.389 e. The fourth-order valence-corrected chi connectivity index (χ4v) is 3.34. The average molecular weight is 349 g/mol. The number of aromatic nitrogens is 1. The van der Waals surface area contributed by atoms with Crippen molar-refractivity contribution in [3.8, 4) is 0 Å². The second kappa shape index (κ2) is 9.24. The number of hydrogen-bond acceptors (Lipinski definition) is 6. The predicted octanol–water partition coefficient (Wildman–Crippen LogP) is 0.0273. The highest BCUT2D eigenvalue weighted by atomic mass is 16.5. The first-order chi connectivity index (χ1) is 12.2. The maximum absolute atomic E-state index is 12.1. The molecule has 7 heteroatoms. The van der Waals surface area contributed by atoms with Crippen molar-refractivity contribution < 1.29 is 19.4 Å². The first-order valence-corrected chi connectivity index (χ1v) is 9.01. The quantitative estimate of drug-likeness (QED) is 0.694. The van der Waals surface area contributed by atoms with E-state index in [1.807, 2.05) is 12.1 Å². The van der Waals surface area contributed by atoms with E-state index in [0.29, 0.717) is 32.7 Å². The van der Waals surface area contributed by atoms with Crippen molar-refractivity contribution in [2.45, 2.75) is 50.0 Å². The molecule has 1 aromatic heterocycles. The lowest BCUT2D eigenvalue weighted by Gasteiger charge is -2.38. The summed E-state index contributed by atoms with van der Waals surface area (Å²) < 4.78 is 11.6. The second-order valence-electron chi connectivity index (χ2n) is 6.74. The Morgan fingerprint density at radius 1 is 1.32 bits per heavy atom. The van der Waals surface area contributed by atoms with Gasteiger partial charge >= 0.3 is 0 Å². The van der Waals surface area contributed by atoms with Crippen molar-refractivity contribution in [1.82, 2.24) is 15.6 Å². The lowest BCUT2D eigenvalue weighted by molar-refractivity contribution is -0.137. The molecule has 3 rings (SSSR count). The molecule has 0 aliphatic carbocycles. The minimum absolute atomic E-state index is 0.0210. The summed E-state index contributed by atoms with van der Waals surface area (Å²) in [5.74, 6) is 0.0210. The van der Waals surface area contributed by atoms with Crippen LogP contribution in [-0.2, 0) is 20.7 Å². The van der Waals surface area contributed by atoms with E-state index in [1.54, 1.807) is 12.4 Å². The van der Waals surface area contributed by atoms with Gasteiger partial charge in [-0.25, -0.2) is 0 Å². The molecular weight excluding hydrogens is 322 g/mol. The topological polar surface area (TPSA) is 92.7 Å². The Hall–Kier alpha value is -1.54. The minimum Gasteiger partial charge on any atom is -0.389 e. The zero-order valence-corrected chi connectivity index (χ0v) is 14.4. The maximum atomic E-state index is 12.1. The number of fused-ring (bicyclic) bond motifs is 1. The Bertz CT molecular complexity index is 542. The summed E-state index contributed by atoms with van der Waals surface area (Å²) in [6, 6.07) is 4.09. The molecule has 2 aliphatic heterocycles. The molecule has 1 amide bonds. The van der Waals surface area contributed by atoms with Gasteiger partial charge in [0.2, 0.25) is 5.91 Å². The van der Waals surface area contributed by atoms with Crippen LogP contribution in [0.2, 0.25) is 0 Å². The molecule has 7 nitrogen and oxygen atoms in total. The molecular formula is C18H27N3O4. The van der Waals surface area contributed by atoms with Gasteiger partial charge in [0.1, 0.15) is 0 Å². The highest BCUT2D eigenvalue weighted by molar-refractivity contribution is 5.76. The molecule has 0 bridgehead atoms. The predicted molar refractivity (Wildman–Crippen MR) is 92.1 cm³/mol. The van der Waals surface area contributed by atoms with Crippen LogP contribution in [-0.4, -0.2) is 66.7 Å². The molecule has 2 aliphatic rings. The number of nitrogens with zero attached hydrogens (tertiary/aromatic N) is 1. The lowest BCUT2D eigenvalue weighted by Crippen LogP contribution is -2.53. The van der Waals surface area contributed by atoms with Gasteiger partial charge in [-0.15, -0.1) is 0 Å². The molecule has 4 atom stereocenters. The van der Waals surface area contributed by atoms with Crippen LogP contribution in [0.3, 0.4) is 0 Å². The van der Waals surface area contributed by atoms with E-state index in [-0.39, 0.29) is 24.2 Å². The number of carbonyl (C=O) groups excluding carboxylic acids is 1. The van der Waals surface area contributed by atoms with Crippen LogP contribution in [0.4, 0.5) is 0 Å². The summed E-state index contributed by atoms with van der Waals surface area (Å²) in [7, 11) is 0. The van der Waals surface area contributed by atoms with Crippen LogP contribution in [0.15, 0.2) is 24.5 Å². The summed E-state index contributed by atoms with van der Waals surface area (Å²) in [5.41, 5.74) is 1.16. The monoisotopic (exact) mass is 349 g/mol. The van der Waals surface area contributed by atoms with Crippen LogP contribution < -0.4 is 10.6 Å². The van der Waals surface area contributed by atoms with Gasteiger partial charge in [0.25, 0.3) is 0 Å². The fraction of sp³-hybridized carbons (Fsp3) is 0.667. The fourth-order valence-electron chi connectivity index (χ4n) is 3.34. The first-order valence-electron chi connectivity index (χ1n) is 9.01. The summed E-state index contributed by atoms with van der Waals surface area (Å²) >= 11 is 0. The zero-order valence-electron chi connectivity index (χ0n) is 14.4. The number of aliphatic hydroxyl groups excluding tert-OH is 1. The number of rotatable bonds is 5. The Labute approximate surface area is 148 Å². The molecule has 25 heavy (non-hydrogen) atoms. The molecule has 2 fully saturated rings. The number of carbonyl (C=O) groups is 1. The number of nitrogens with one attached hydrogen (secondary N) is 2. The van der Waals surface area contributed by atoms with Crippen molar-refractivity contribution in [3.05, 3.63) is 30.1 Å². The van der Waals surface area contributed by atoms with E-state index in [0.717, 1.165) is 24.8 Å². The van der Waals surface area contributed by atoms with E-state index >= 15 is 0 Å². The van der Waals surface area contributed by atoms with E-state index in [4.69, 9.17) is 9.47 Å². The van der Waals surface area contributed by atoms with Gasteiger partial charge in [0.15, 0.2) is 0 Å². The van der Waals surface area contributed by atoms with Gasteiger partial charge in [-0.1, -0.05) is 0 Å². The summed E-state index contributed by atoms with van der Waals surface area (Å²) in [6.45, 7) is 1.91. The maximum Gasteiger partial charge on any atom is 0.222 e. The van der Waals surface area contributed by atoms with Gasteiger partial charge < -0.3 is 25.2 Å². The van der Waals surface area contributed by atoms with Gasteiger partial charge in [-0.3, -0.25) is 9.78 Å². The SMILES string of the molecule is O=C(C[C@H]1CC[C@@H]2NC[C@@H](O)COC[C@H]2O1)NCCc1ccncc1. The van der Waals surface area contributed by atoms with E-state index in [9.17, 15) is 9.90 Å². The molecule has 3 heterocycles. The van der Waals surface area contributed by atoms with Crippen LogP contribution in [0.25, 0.3) is 0 Å². The standard InChI is InChI=1S/C18H27N3O4/c22-14-10-21-16-2-1-15(25-17(16)12-24-11-14)9-18(23)20-8-5-13-3-6-19-7-4-13/h3-4,6-7,14-17,21-22H,1-2,5,8-12H2,(H,20,23)/t14-,15-,16+,17-/m1/s1. The van der Waals surface area contributed by atoms with Crippen molar-refractivity contribution in [1.29, 1.82) is 0 Å². The molecule has 0 aromatic carbocycles. The number of pyridine rings is 1.